The molecule has 2 heterocycles. The number of ether oxygens (including phenoxy) is 1. The van der Waals surface area contributed by atoms with Gasteiger partial charge in [-0.2, -0.15) is 30.0 Å². The third kappa shape index (κ3) is 7.21. The Morgan fingerprint density at radius 3 is 2.20 bits per heavy atom. The number of sulfonamides is 1. The number of carbonyl (C=O) groups excluding carboxylic acids is 1. The molecule has 1 aromatic heterocycles. The van der Waals surface area contributed by atoms with Crippen LogP contribution in [0.3, 0.4) is 0 Å². The molecular formula is C28H26F3N3O7S3. The molecule has 5 rings (SSSR count). The Hall–Kier alpha value is -3.57. The Labute approximate surface area is 255 Å². The van der Waals surface area contributed by atoms with Crippen LogP contribution in [0.25, 0.3) is 10.2 Å². The van der Waals surface area contributed by atoms with Crippen molar-refractivity contribution in [3.63, 3.8) is 0 Å². The number of thiazole rings is 1. The van der Waals surface area contributed by atoms with Crippen molar-refractivity contribution in [1.29, 1.82) is 0 Å². The normalized spacial score (nSPS) is 15.3. The van der Waals surface area contributed by atoms with Gasteiger partial charge in [-0.25, -0.2) is 4.98 Å². The lowest BCUT2D eigenvalue weighted by atomic mass is 9.96. The number of piperidine rings is 1. The summed E-state index contributed by atoms with van der Waals surface area (Å²) in [6, 6.07) is 21.3. The van der Waals surface area contributed by atoms with Gasteiger partial charge in [-0.3, -0.25) is 4.79 Å². The summed E-state index contributed by atoms with van der Waals surface area (Å²) in [5.41, 5.74) is -4.06. The summed E-state index contributed by atoms with van der Waals surface area (Å²) in [7, 11) is -11.5. The number of hydroxylamine groups is 1. The number of nitrogens with zero attached hydrogens (tertiary/aromatic N) is 3. The maximum absolute atomic E-state index is 13.2. The van der Waals surface area contributed by atoms with Crippen LogP contribution in [0.5, 0.6) is 10.9 Å². The van der Waals surface area contributed by atoms with Gasteiger partial charge in [0.05, 0.1) is 15.1 Å². The molecule has 0 atom stereocenters. The molecule has 0 aliphatic carbocycles. The molecule has 0 bridgehead atoms. The quantitative estimate of drug-likeness (QED) is 0.163. The molecule has 1 saturated heterocycles. The van der Waals surface area contributed by atoms with E-state index in [1.165, 1.54) is 29.5 Å². The van der Waals surface area contributed by atoms with Crippen LogP contribution in [0.4, 0.5) is 13.2 Å². The molecule has 1 aliphatic rings. The van der Waals surface area contributed by atoms with Crippen LogP contribution in [0.2, 0.25) is 0 Å². The first-order valence-corrected chi connectivity index (χ1v) is 17.0. The van der Waals surface area contributed by atoms with Gasteiger partial charge in [0.25, 0.3) is 21.1 Å². The van der Waals surface area contributed by atoms with Gasteiger partial charge in [0.1, 0.15) is 5.75 Å². The second kappa shape index (κ2) is 12.8. The fraction of sp³-hybridized carbons (Fsp3) is 0.286. The molecule has 1 amide bonds. The molecular weight excluding hydrogens is 644 g/mol. The second-order valence-electron chi connectivity index (χ2n) is 9.92. The zero-order valence-electron chi connectivity index (χ0n) is 22.9. The zero-order valence-corrected chi connectivity index (χ0v) is 25.3. The maximum Gasteiger partial charge on any atom is 0.525 e. The number of amides is 1. The van der Waals surface area contributed by atoms with E-state index < -0.39 is 46.8 Å². The van der Waals surface area contributed by atoms with Crippen LogP contribution >= 0.6 is 11.3 Å². The van der Waals surface area contributed by atoms with Gasteiger partial charge in [-0.15, -0.1) is 4.28 Å². The van der Waals surface area contributed by atoms with Crippen molar-refractivity contribution >= 4 is 47.6 Å². The van der Waals surface area contributed by atoms with Crippen molar-refractivity contribution < 1.29 is 43.8 Å². The molecule has 0 spiro atoms. The van der Waals surface area contributed by atoms with Crippen LogP contribution in [0.15, 0.2) is 83.8 Å². The average Bonchev–Trinajstić information content (AvgIpc) is 3.42. The molecule has 1 aliphatic heterocycles. The highest BCUT2D eigenvalue weighted by Gasteiger charge is 2.52. The van der Waals surface area contributed by atoms with Gasteiger partial charge in [-0.05, 0) is 74.3 Å². The number of likely N-dealkylation sites (tertiary alicyclic amines) is 1. The van der Waals surface area contributed by atoms with Crippen LogP contribution in [0, 0.1) is 5.92 Å². The van der Waals surface area contributed by atoms with E-state index >= 15 is 0 Å². The van der Waals surface area contributed by atoms with Gasteiger partial charge in [0.15, 0.2) is 0 Å². The van der Waals surface area contributed by atoms with E-state index in [0.29, 0.717) is 37.0 Å². The van der Waals surface area contributed by atoms with Crippen molar-refractivity contribution in [2.75, 3.05) is 19.6 Å². The van der Waals surface area contributed by atoms with Gasteiger partial charge < -0.3 is 9.64 Å². The molecule has 0 radical (unpaired) electrons. The Morgan fingerprint density at radius 1 is 0.932 bits per heavy atom. The maximum atomic E-state index is 13.2. The molecule has 3 aromatic carbocycles. The smallest absolute Gasteiger partial charge is 0.431 e. The van der Waals surface area contributed by atoms with Crippen LogP contribution in [-0.2, 0) is 35.6 Å². The number of fused-ring (bicyclic) bond motifs is 1. The van der Waals surface area contributed by atoms with Gasteiger partial charge in [0.2, 0.25) is 0 Å². The second-order valence-corrected chi connectivity index (χ2v) is 14.2. The summed E-state index contributed by atoms with van der Waals surface area (Å²) >= 11 is 1.44. The van der Waals surface area contributed by atoms with Crippen molar-refractivity contribution in [1.82, 2.24) is 14.4 Å². The number of benzene rings is 3. The topological polar surface area (TPSA) is 123 Å². The minimum Gasteiger partial charge on any atom is -0.431 e. The largest absolute Gasteiger partial charge is 0.525 e. The highest BCUT2D eigenvalue weighted by atomic mass is 32.2. The summed E-state index contributed by atoms with van der Waals surface area (Å²) in [6.07, 6.45) is 0.829. The van der Waals surface area contributed by atoms with E-state index in [1.807, 2.05) is 53.4 Å². The summed E-state index contributed by atoms with van der Waals surface area (Å²) in [6.45, 7) is 1.27. The summed E-state index contributed by atoms with van der Waals surface area (Å²) in [4.78, 5) is 19.1. The number of halogens is 3. The fourth-order valence-corrected chi connectivity index (χ4v) is 7.38. The highest BCUT2D eigenvalue weighted by molar-refractivity contribution is 7.91. The van der Waals surface area contributed by atoms with E-state index in [0.717, 1.165) is 27.9 Å². The Bertz CT molecular complexity index is 1790. The lowest BCUT2D eigenvalue weighted by molar-refractivity contribution is -0.150. The minimum atomic E-state index is -6.45. The molecule has 44 heavy (non-hydrogen) atoms. The number of alkyl halides is 3. The lowest BCUT2D eigenvalue weighted by Gasteiger charge is -2.33. The van der Waals surface area contributed by atoms with Gasteiger partial charge in [-0.1, -0.05) is 58.3 Å². The molecule has 10 nitrogen and oxygen atoms in total. The number of para-hydroxylation sites is 1. The first-order valence-electron chi connectivity index (χ1n) is 13.3. The zero-order chi connectivity index (χ0) is 31.5. The molecule has 0 saturated carbocycles. The van der Waals surface area contributed by atoms with Gasteiger partial charge >= 0.3 is 15.6 Å². The standard InChI is InChI=1S/C28H26F3N3O7S3/c29-28(30,31)44(38,39)41-34(43(36,37)23-6-2-1-3-7-23)26(35)21-15-18-33(19-16-21)17-14-20-10-12-22(13-11-20)40-27-32-24-8-4-5-9-25(24)42-27/h1-13,21H,14-19H2. The Kier molecular flexibility index (Phi) is 9.27. The van der Waals surface area contributed by atoms with Crippen molar-refractivity contribution in [2.24, 2.45) is 5.92 Å². The van der Waals surface area contributed by atoms with Crippen LogP contribution in [-0.4, -0.2) is 62.2 Å². The number of aromatic nitrogens is 1. The predicted octanol–water partition coefficient (Wildman–Crippen LogP) is 5.34. The average molecular weight is 670 g/mol. The first-order chi connectivity index (χ1) is 20.8. The minimum absolute atomic E-state index is 0.0873. The monoisotopic (exact) mass is 669 g/mol. The molecule has 16 heteroatoms. The summed E-state index contributed by atoms with van der Waals surface area (Å²) in [5.74, 6) is -1.82. The van der Waals surface area contributed by atoms with E-state index in [1.54, 1.807) is 0 Å². The van der Waals surface area contributed by atoms with E-state index in [2.05, 4.69) is 9.27 Å². The van der Waals surface area contributed by atoms with Crippen molar-refractivity contribution in [2.45, 2.75) is 29.7 Å². The number of hydrogen-bond donors (Lipinski definition) is 0. The highest BCUT2D eigenvalue weighted by Crippen LogP contribution is 2.32. The summed E-state index contributed by atoms with van der Waals surface area (Å²) in [5, 5.41) is 0.535. The SMILES string of the molecule is O=C(C1CCN(CCc2ccc(Oc3nc4ccccc4s3)cc2)CC1)N(OS(=O)(=O)C(F)(F)F)S(=O)(=O)c1ccccc1. The number of carbonyl (C=O) groups is 1. The molecule has 234 valence electrons. The molecule has 0 unspecified atom stereocenters. The van der Waals surface area contributed by atoms with E-state index in [9.17, 15) is 34.8 Å². The molecule has 4 aromatic rings. The predicted molar refractivity (Wildman–Crippen MR) is 156 cm³/mol. The first kappa shape index (κ1) is 31.8. The fourth-order valence-electron chi connectivity index (χ4n) is 4.57. The lowest BCUT2D eigenvalue weighted by Crippen LogP contribution is -2.47. The van der Waals surface area contributed by atoms with Crippen molar-refractivity contribution in [3.05, 3.63) is 84.4 Å². The number of rotatable bonds is 10. The van der Waals surface area contributed by atoms with E-state index in [4.69, 9.17) is 4.74 Å². The van der Waals surface area contributed by atoms with Crippen LogP contribution < -0.4 is 4.74 Å². The Morgan fingerprint density at radius 2 is 1.57 bits per heavy atom. The summed E-state index contributed by atoms with van der Waals surface area (Å²) < 4.78 is 98.9. The third-order valence-electron chi connectivity index (χ3n) is 6.94. The van der Waals surface area contributed by atoms with Crippen LogP contribution in [0.1, 0.15) is 18.4 Å². The van der Waals surface area contributed by atoms with Crippen molar-refractivity contribution in [3.8, 4) is 10.9 Å². The van der Waals surface area contributed by atoms with E-state index in [-0.39, 0.29) is 12.8 Å². The molecule has 1 fully saturated rings. The molecule has 0 N–H and O–H groups in total. The van der Waals surface area contributed by atoms with Gasteiger partial charge in [0, 0.05) is 12.5 Å². The number of hydrogen-bond acceptors (Lipinski definition) is 10. The third-order valence-corrected chi connectivity index (χ3v) is 10.4. The Balaban J connectivity index is 1.18.